The van der Waals surface area contributed by atoms with Crippen molar-refractivity contribution >= 4 is 5.91 Å². The van der Waals surface area contributed by atoms with E-state index in [2.05, 4.69) is 10.2 Å². The van der Waals surface area contributed by atoms with Gasteiger partial charge in [-0.1, -0.05) is 26.0 Å². The fourth-order valence-electron chi connectivity index (χ4n) is 2.93. The van der Waals surface area contributed by atoms with E-state index in [1.54, 1.807) is 7.11 Å². The topological polar surface area (TPSA) is 41.6 Å². The van der Waals surface area contributed by atoms with Crippen LogP contribution >= 0.6 is 0 Å². The summed E-state index contributed by atoms with van der Waals surface area (Å²) < 4.78 is 32.1. The van der Waals surface area contributed by atoms with Gasteiger partial charge in [-0.25, -0.2) is 8.78 Å². The van der Waals surface area contributed by atoms with E-state index in [9.17, 15) is 13.6 Å². The van der Waals surface area contributed by atoms with Gasteiger partial charge in [0.1, 0.15) is 17.4 Å². The normalized spacial score (nSPS) is 12.1. The molecule has 0 bridgehead atoms. The first-order valence-corrected chi connectivity index (χ1v) is 8.61. The minimum atomic E-state index is -0.872. The molecule has 26 heavy (non-hydrogen) atoms. The highest BCUT2D eigenvalue weighted by Crippen LogP contribution is 2.24. The Balaban J connectivity index is 2.19. The van der Waals surface area contributed by atoms with Crippen molar-refractivity contribution in [2.45, 2.75) is 19.9 Å². The third-order valence-electron chi connectivity index (χ3n) is 4.36. The van der Waals surface area contributed by atoms with Crippen molar-refractivity contribution in [3.05, 3.63) is 65.2 Å². The Kier molecular flexibility index (Phi) is 7.09. The SMILES string of the molecule is CCN(CC)C(CNC(=O)c1ccc(F)cc1F)c1cccc(OC)c1. The Labute approximate surface area is 152 Å². The molecule has 0 aliphatic heterocycles. The summed E-state index contributed by atoms with van der Waals surface area (Å²) in [5.41, 5.74) is 0.822. The maximum atomic E-state index is 13.8. The van der Waals surface area contributed by atoms with Crippen LogP contribution in [0.1, 0.15) is 35.8 Å². The van der Waals surface area contributed by atoms with Crippen LogP contribution in [0.3, 0.4) is 0 Å². The molecule has 0 heterocycles. The molecule has 2 aromatic rings. The molecule has 1 unspecified atom stereocenters. The molecule has 0 radical (unpaired) electrons. The predicted octanol–water partition coefficient (Wildman–Crippen LogP) is 3.79. The van der Waals surface area contributed by atoms with E-state index in [-0.39, 0.29) is 11.6 Å². The molecule has 4 nitrogen and oxygen atoms in total. The lowest BCUT2D eigenvalue weighted by Gasteiger charge is -2.30. The quantitative estimate of drug-likeness (QED) is 0.777. The Morgan fingerprint density at radius 3 is 2.50 bits per heavy atom. The highest BCUT2D eigenvalue weighted by atomic mass is 19.1. The summed E-state index contributed by atoms with van der Waals surface area (Å²) in [7, 11) is 1.60. The number of likely N-dealkylation sites (N-methyl/N-ethyl adjacent to an activating group) is 1. The van der Waals surface area contributed by atoms with Gasteiger partial charge in [0.2, 0.25) is 0 Å². The lowest BCUT2D eigenvalue weighted by Crippen LogP contribution is -2.38. The smallest absolute Gasteiger partial charge is 0.254 e. The molecular formula is C20H24F2N2O2. The van der Waals surface area contributed by atoms with Crippen LogP contribution in [0, 0.1) is 11.6 Å². The lowest BCUT2D eigenvalue weighted by atomic mass is 10.0. The number of rotatable bonds is 8. The summed E-state index contributed by atoms with van der Waals surface area (Å²) in [5.74, 6) is -1.42. The zero-order chi connectivity index (χ0) is 19.1. The van der Waals surface area contributed by atoms with E-state index < -0.39 is 17.5 Å². The van der Waals surface area contributed by atoms with Crippen molar-refractivity contribution in [1.29, 1.82) is 0 Å². The third-order valence-corrected chi connectivity index (χ3v) is 4.36. The monoisotopic (exact) mass is 362 g/mol. The molecule has 2 rings (SSSR count). The van der Waals surface area contributed by atoms with E-state index in [0.29, 0.717) is 12.6 Å². The Morgan fingerprint density at radius 1 is 1.15 bits per heavy atom. The van der Waals surface area contributed by atoms with Crippen molar-refractivity contribution in [2.75, 3.05) is 26.7 Å². The van der Waals surface area contributed by atoms with Gasteiger partial charge >= 0.3 is 0 Å². The molecule has 0 fully saturated rings. The highest BCUT2D eigenvalue weighted by Gasteiger charge is 2.21. The average Bonchev–Trinajstić information content (AvgIpc) is 2.65. The van der Waals surface area contributed by atoms with Gasteiger partial charge in [0.25, 0.3) is 5.91 Å². The Bertz CT molecular complexity index is 748. The molecule has 0 saturated carbocycles. The molecule has 1 atom stereocenters. The summed E-state index contributed by atoms with van der Waals surface area (Å²) in [6.45, 7) is 5.96. The molecule has 1 N–H and O–H groups in total. The van der Waals surface area contributed by atoms with Crippen molar-refractivity contribution in [3.63, 3.8) is 0 Å². The molecule has 0 aliphatic carbocycles. The van der Waals surface area contributed by atoms with Crippen LogP contribution in [0.2, 0.25) is 0 Å². The second-order valence-electron chi connectivity index (χ2n) is 5.85. The van der Waals surface area contributed by atoms with Gasteiger partial charge in [-0.15, -0.1) is 0 Å². The molecule has 1 amide bonds. The molecule has 2 aromatic carbocycles. The first kappa shape index (κ1) is 19.8. The van der Waals surface area contributed by atoms with Gasteiger partial charge in [0.05, 0.1) is 18.7 Å². The van der Waals surface area contributed by atoms with E-state index in [1.165, 1.54) is 0 Å². The zero-order valence-corrected chi connectivity index (χ0v) is 15.3. The maximum Gasteiger partial charge on any atom is 0.254 e. The highest BCUT2D eigenvalue weighted by molar-refractivity contribution is 5.94. The van der Waals surface area contributed by atoms with E-state index in [1.807, 2.05) is 38.1 Å². The molecular weight excluding hydrogens is 338 g/mol. The number of hydrogen-bond donors (Lipinski definition) is 1. The minimum absolute atomic E-state index is 0.0902. The van der Waals surface area contributed by atoms with E-state index in [4.69, 9.17) is 4.74 Å². The van der Waals surface area contributed by atoms with Crippen LogP contribution in [0.5, 0.6) is 5.75 Å². The average molecular weight is 362 g/mol. The molecule has 140 valence electrons. The number of hydrogen-bond acceptors (Lipinski definition) is 3. The Hall–Kier alpha value is -2.47. The summed E-state index contributed by atoms with van der Waals surface area (Å²) in [5, 5.41) is 2.76. The first-order chi connectivity index (χ1) is 12.5. The van der Waals surface area contributed by atoms with Crippen molar-refractivity contribution in [2.24, 2.45) is 0 Å². The second kappa shape index (κ2) is 9.29. The first-order valence-electron chi connectivity index (χ1n) is 8.61. The van der Waals surface area contributed by atoms with Crippen molar-refractivity contribution < 1.29 is 18.3 Å². The van der Waals surface area contributed by atoms with Crippen LogP contribution in [-0.4, -0.2) is 37.6 Å². The number of halogens is 2. The number of benzene rings is 2. The van der Waals surface area contributed by atoms with Gasteiger partial charge < -0.3 is 10.1 Å². The number of amides is 1. The van der Waals surface area contributed by atoms with Gasteiger partial charge in [0, 0.05) is 12.6 Å². The van der Waals surface area contributed by atoms with Crippen LogP contribution in [0.25, 0.3) is 0 Å². The minimum Gasteiger partial charge on any atom is -0.497 e. The van der Waals surface area contributed by atoms with Gasteiger partial charge in [0.15, 0.2) is 0 Å². The fourth-order valence-corrected chi connectivity index (χ4v) is 2.93. The van der Waals surface area contributed by atoms with Crippen LogP contribution in [-0.2, 0) is 0 Å². The Morgan fingerprint density at radius 2 is 1.88 bits per heavy atom. The zero-order valence-electron chi connectivity index (χ0n) is 15.3. The standard InChI is InChI=1S/C20H24F2N2O2/c1-4-24(5-2)19(14-7-6-8-16(11-14)26-3)13-23-20(25)17-10-9-15(21)12-18(17)22/h6-12,19H,4-5,13H2,1-3H3,(H,23,25). The third kappa shape index (κ3) is 4.79. The summed E-state index contributed by atoms with van der Waals surface area (Å²) in [6.07, 6.45) is 0. The van der Waals surface area contributed by atoms with Crippen molar-refractivity contribution in [1.82, 2.24) is 10.2 Å². The number of methoxy groups -OCH3 is 1. The molecule has 0 saturated heterocycles. The molecule has 6 heteroatoms. The maximum absolute atomic E-state index is 13.8. The molecule has 0 spiro atoms. The predicted molar refractivity (Wildman–Crippen MR) is 97.3 cm³/mol. The van der Waals surface area contributed by atoms with E-state index >= 15 is 0 Å². The second-order valence-corrected chi connectivity index (χ2v) is 5.85. The summed E-state index contributed by atoms with van der Waals surface area (Å²) >= 11 is 0. The van der Waals surface area contributed by atoms with Crippen LogP contribution in [0.4, 0.5) is 8.78 Å². The number of carbonyl (C=O) groups excluding carboxylic acids is 1. The number of ether oxygens (including phenoxy) is 1. The van der Waals surface area contributed by atoms with Gasteiger partial charge in [-0.3, -0.25) is 9.69 Å². The lowest BCUT2D eigenvalue weighted by molar-refractivity contribution is 0.0931. The fraction of sp³-hybridized carbons (Fsp3) is 0.350. The van der Waals surface area contributed by atoms with Gasteiger partial charge in [-0.05, 0) is 42.9 Å². The summed E-state index contributed by atoms with van der Waals surface area (Å²) in [4.78, 5) is 14.5. The number of nitrogens with zero attached hydrogens (tertiary/aromatic N) is 1. The number of carbonyl (C=O) groups is 1. The molecule has 0 aromatic heterocycles. The summed E-state index contributed by atoms with van der Waals surface area (Å²) in [6, 6.07) is 10.5. The van der Waals surface area contributed by atoms with Crippen LogP contribution < -0.4 is 10.1 Å². The molecule has 0 aliphatic rings. The largest absolute Gasteiger partial charge is 0.497 e. The number of nitrogens with one attached hydrogen (secondary N) is 1. The van der Waals surface area contributed by atoms with Crippen molar-refractivity contribution in [3.8, 4) is 5.75 Å². The van der Waals surface area contributed by atoms with E-state index in [0.717, 1.165) is 36.5 Å². The van der Waals surface area contributed by atoms with Gasteiger partial charge in [-0.2, -0.15) is 0 Å². The van der Waals surface area contributed by atoms with Crippen LogP contribution in [0.15, 0.2) is 42.5 Å².